The fourth-order valence-electron chi connectivity index (χ4n) is 1.17. The molecule has 0 rings (SSSR count). The van der Waals surface area contributed by atoms with Crippen LogP contribution in [0.1, 0.15) is 20.8 Å². The lowest BCUT2D eigenvalue weighted by Gasteiger charge is -2.30. The van der Waals surface area contributed by atoms with Crippen molar-refractivity contribution in [1.82, 2.24) is 5.32 Å². The van der Waals surface area contributed by atoms with Gasteiger partial charge in [0.1, 0.15) is 5.54 Å². The molecule has 1 atom stereocenters. The zero-order valence-electron chi connectivity index (χ0n) is 8.35. The van der Waals surface area contributed by atoms with Crippen LogP contribution < -0.4 is 5.32 Å². The molecule has 0 radical (unpaired) electrons. The van der Waals surface area contributed by atoms with Crippen molar-refractivity contribution in [2.45, 2.75) is 26.3 Å². The molecule has 0 aliphatic carbocycles. The Bertz CT molecular complexity index is 154. The summed E-state index contributed by atoms with van der Waals surface area (Å²) in [6, 6.07) is 2.28. The van der Waals surface area contributed by atoms with Gasteiger partial charge in [-0.3, -0.25) is 5.32 Å². The normalized spacial score (nSPS) is 15.7. The van der Waals surface area contributed by atoms with E-state index in [9.17, 15) is 0 Å². The second-order valence-corrected chi connectivity index (χ2v) is 3.20. The summed E-state index contributed by atoms with van der Waals surface area (Å²) < 4.78 is 5.03. The minimum Gasteiger partial charge on any atom is -0.382 e. The van der Waals surface area contributed by atoms with Crippen molar-refractivity contribution in [2.24, 2.45) is 5.92 Å². The summed E-state index contributed by atoms with van der Waals surface area (Å²) in [6.07, 6.45) is 0. The van der Waals surface area contributed by atoms with Crippen LogP contribution in [0.5, 0.6) is 0 Å². The Labute approximate surface area is 74.7 Å². The number of nitrogens with one attached hydrogen (secondary N) is 1. The summed E-state index contributed by atoms with van der Waals surface area (Å²) in [4.78, 5) is 0. The summed E-state index contributed by atoms with van der Waals surface area (Å²) in [5, 5.41) is 12.2. The number of hydrogen-bond acceptors (Lipinski definition) is 3. The first-order chi connectivity index (χ1) is 5.63. The van der Waals surface area contributed by atoms with Crippen LogP contribution in [-0.4, -0.2) is 25.8 Å². The van der Waals surface area contributed by atoms with Gasteiger partial charge in [-0.2, -0.15) is 5.26 Å². The van der Waals surface area contributed by atoms with Crippen LogP contribution in [0.15, 0.2) is 0 Å². The highest BCUT2D eigenvalue weighted by atomic mass is 16.5. The Morgan fingerprint density at radius 1 is 1.58 bits per heavy atom. The third kappa shape index (κ3) is 2.47. The maximum atomic E-state index is 9.02. The highest BCUT2D eigenvalue weighted by Gasteiger charge is 2.32. The van der Waals surface area contributed by atoms with Crippen molar-refractivity contribution in [3.05, 3.63) is 0 Å². The molecule has 1 N–H and O–H groups in total. The van der Waals surface area contributed by atoms with E-state index in [2.05, 4.69) is 11.4 Å². The van der Waals surface area contributed by atoms with Gasteiger partial charge in [0, 0.05) is 7.11 Å². The van der Waals surface area contributed by atoms with Gasteiger partial charge in [-0.15, -0.1) is 0 Å². The molecule has 0 aromatic heterocycles. The Hall–Kier alpha value is -0.590. The molecule has 0 saturated carbocycles. The Morgan fingerprint density at radius 2 is 2.17 bits per heavy atom. The van der Waals surface area contributed by atoms with Crippen LogP contribution in [0.3, 0.4) is 0 Å². The van der Waals surface area contributed by atoms with Gasteiger partial charge in [-0.1, -0.05) is 20.8 Å². The molecule has 0 aromatic rings. The molecule has 0 fully saturated rings. The first kappa shape index (κ1) is 11.4. The average molecular weight is 170 g/mol. The third-order valence-corrected chi connectivity index (χ3v) is 2.05. The van der Waals surface area contributed by atoms with Crippen molar-refractivity contribution >= 4 is 0 Å². The molecule has 3 nitrogen and oxygen atoms in total. The minimum atomic E-state index is -0.524. The predicted octanol–water partition coefficient (Wildman–Crippen LogP) is 1.16. The van der Waals surface area contributed by atoms with E-state index in [1.807, 2.05) is 20.8 Å². The van der Waals surface area contributed by atoms with Crippen LogP contribution >= 0.6 is 0 Å². The van der Waals surface area contributed by atoms with Gasteiger partial charge < -0.3 is 4.74 Å². The Balaban J connectivity index is 4.42. The topological polar surface area (TPSA) is 45.0 Å². The molecule has 0 saturated heterocycles. The van der Waals surface area contributed by atoms with Crippen molar-refractivity contribution < 1.29 is 4.74 Å². The lowest BCUT2D eigenvalue weighted by Crippen LogP contribution is -2.51. The van der Waals surface area contributed by atoms with Crippen LogP contribution in [0.25, 0.3) is 0 Å². The highest BCUT2D eigenvalue weighted by molar-refractivity contribution is 5.09. The van der Waals surface area contributed by atoms with Crippen molar-refractivity contribution in [3.8, 4) is 6.07 Å². The summed E-state index contributed by atoms with van der Waals surface area (Å²) in [5.74, 6) is 0.252. The zero-order valence-corrected chi connectivity index (χ0v) is 8.35. The van der Waals surface area contributed by atoms with Crippen LogP contribution in [-0.2, 0) is 4.74 Å². The van der Waals surface area contributed by atoms with Crippen molar-refractivity contribution in [3.63, 3.8) is 0 Å². The summed E-state index contributed by atoms with van der Waals surface area (Å²) in [7, 11) is 1.62. The SMILES string of the molecule is CCNC(C#N)(COC)C(C)C. The molecular weight excluding hydrogens is 152 g/mol. The summed E-state index contributed by atoms with van der Waals surface area (Å²) >= 11 is 0. The number of methoxy groups -OCH3 is 1. The number of nitrogens with zero attached hydrogens (tertiary/aromatic N) is 1. The second kappa shape index (κ2) is 5.13. The van der Waals surface area contributed by atoms with Crippen LogP contribution in [0.4, 0.5) is 0 Å². The molecular formula is C9H18N2O. The first-order valence-corrected chi connectivity index (χ1v) is 4.28. The predicted molar refractivity (Wildman–Crippen MR) is 48.7 cm³/mol. The van der Waals surface area contributed by atoms with E-state index in [1.54, 1.807) is 7.11 Å². The lowest BCUT2D eigenvalue weighted by molar-refractivity contribution is 0.113. The smallest absolute Gasteiger partial charge is 0.132 e. The highest BCUT2D eigenvalue weighted by Crippen LogP contribution is 2.16. The maximum absolute atomic E-state index is 9.02. The van der Waals surface area contributed by atoms with Crippen molar-refractivity contribution in [1.29, 1.82) is 5.26 Å². The molecule has 0 amide bonds. The van der Waals surface area contributed by atoms with Crippen LogP contribution in [0, 0.1) is 17.2 Å². The summed E-state index contributed by atoms with van der Waals surface area (Å²) in [5.41, 5.74) is -0.524. The van der Waals surface area contributed by atoms with Crippen LogP contribution in [0.2, 0.25) is 0 Å². The number of ether oxygens (including phenoxy) is 1. The minimum absolute atomic E-state index is 0.252. The molecule has 3 heteroatoms. The molecule has 0 spiro atoms. The molecule has 0 aliphatic rings. The van der Waals surface area contributed by atoms with E-state index < -0.39 is 5.54 Å². The van der Waals surface area contributed by atoms with E-state index in [4.69, 9.17) is 10.00 Å². The average Bonchev–Trinajstić information content (AvgIpc) is 2.03. The zero-order chi connectivity index (χ0) is 9.61. The maximum Gasteiger partial charge on any atom is 0.132 e. The van der Waals surface area contributed by atoms with Gasteiger partial charge in [0.2, 0.25) is 0 Å². The second-order valence-electron chi connectivity index (χ2n) is 3.20. The van der Waals surface area contributed by atoms with Gasteiger partial charge in [0.15, 0.2) is 0 Å². The van der Waals surface area contributed by atoms with Crippen molar-refractivity contribution in [2.75, 3.05) is 20.3 Å². The van der Waals surface area contributed by atoms with Gasteiger partial charge in [-0.05, 0) is 12.5 Å². The van der Waals surface area contributed by atoms with E-state index in [0.29, 0.717) is 6.61 Å². The van der Waals surface area contributed by atoms with E-state index in [-0.39, 0.29) is 5.92 Å². The van der Waals surface area contributed by atoms with Gasteiger partial charge >= 0.3 is 0 Å². The van der Waals surface area contributed by atoms with Gasteiger partial charge in [0.05, 0.1) is 12.7 Å². The molecule has 12 heavy (non-hydrogen) atoms. The fourth-order valence-corrected chi connectivity index (χ4v) is 1.17. The fraction of sp³-hybridized carbons (Fsp3) is 0.889. The number of likely N-dealkylation sites (N-methyl/N-ethyl adjacent to an activating group) is 1. The Morgan fingerprint density at radius 3 is 2.42 bits per heavy atom. The lowest BCUT2D eigenvalue weighted by atomic mass is 9.88. The molecule has 0 aliphatic heterocycles. The van der Waals surface area contributed by atoms with E-state index in [1.165, 1.54) is 0 Å². The third-order valence-electron chi connectivity index (χ3n) is 2.05. The molecule has 0 aromatic carbocycles. The standard InChI is InChI=1S/C9H18N2O/c1-5-11-9(6-10,7-12-4)8(2)3/h8,11H,5,7H2,1-4H3. The number of rotatable bonds is 5. The summed E-state index contributed by atoms with van der Waals surface area (Å²) in [6.45, 7) is 7.25. The largest absolute Gasteiger partial charge is 0.382 e. The molecule has 0 heterocycles. The Kier molecular flexibility index (Phi) is 4.87. The number of nitriles is 1. The first-order valence-electron chi connectivity index (χ1n) is 4.28. The van der Waals surface area contributed by atoms with Gasteiger partial charge in [0.25, 0.3) is 0 Å². The number of hydrogen-bond donors (Lipinski definition) is 1. The van der Waals surface area contributed by atoms with E-state index >= 15 is 0 Å². The van der Waals surface area contributed by atoms with Gasteiger partial charge in [-0.25, -0.2) is 0 Å². The monoisotopic (exact) mass is 170 g/mol. The quantitative estimate of drug-likeness (QED) is 0.673. The molecule has 1 unspecified atom stereocenters. The molecule has 70 valence electrons. The molecule has 0 bridgehead atoms. The van der Waals surface area contributed by atoms with E-state index in [0.717, 1.165) is 6.54 Å².